The van der Waals surface area contributed by atoms with E-state index in [-0.39, 0.29) is 11.9 Å². The average Bonchev–Trinajstić information content (AvgIpc) is 2.17. The number of ether oxygens (including phenoxy) is 1. The normalized spacial score (nSPS) is 24.0. The molecule has 0 fully saturated rings. The molecule has 1 atom stereocenters. The van der Waals surface area contributed by atoms with Crippen molar-refractivity contribution < 1.29 is 9.53 Å². The molecule has 0 N–H and O–H groups in total. The summed E-state index contributed by atoms with van der Waals surface area (Å²) in [5, 5.41) is 0. The van der Waals surface area contributed by atoms with E-state index in [2.05, 4.69) is 16.6 Å². The fourth-order valence-corrected chi connectivity index (χ4v) is 1.35. The standard InChI is InChI=1S/C9H15NO2/c1-3-10-6-4-5-8(7-10)9(11)12-2/h4-5,8H,3,6-7H2,1-2H3. The fraction of sp³-hybridized carbons (Fsp3) is 0.667. The maximum atomic E-state index is 11.1. The lowest BCUT2D eigenvalue weighted by molar-refractivity contribution is -0.144. The van der Waals surface area contributed by atoms with Crippen molar-refractivity contribution in [2.75, 3.05) is 26.7 Å². The summed E-state index contributed by atoms with van der Waals surface area (Å²) in [7, 11) is 1.43. The van der Waals surface area contributed by atoms with Gasteiger partial charge in [0.2, 0.25) is 0 Å². The van der Waals surface area contributed by atoms with Crippen molar-refractivity contribution in [3.63, 3.8) is 0 Å². The highest BCUT2D eigenvalue weighted by molar-refractivity contribution is 5.74. The zero-order valence-electron chi connectivity index (χ0n) is 7.62. The van der Waals surface area contributed by atoms with Crippen LogP contribution in [-0.2, 0) is 9.53 Å². The van der Waals surface area contributed by atoms with Crippen LogP contribution >= 0.6 is 0 Å². The first-order valence-corrected chi connectivity index (χ1v) is 4.24. The first kappa shape index (κ1) is 9.26. The summed E-state index contributed by atoms with van der Waals surface area (Å²) in [5.74, 6) is -0.201. The maximum absolute atomic E-state index is 11.1. The van der Waals surface area contributed by atoms with Crippen molar-refractivity contribution in [2.24, 2.45) is 5.92 Å². The van der Waals surface area contributed by atoms with Gasteiger partial charge >= 0.3 is 5.97 Å². The van der Waals surface area contributed by atoms with Crippen molar-refractivity contribution >= 4 is 5.97 Å². The van der Waals surface area contributed by atoms with Crippen LogP contribution in [0.1, 0.15) is 6.92 Å². The van der Waals surface area contributed by atoms with E-state index in [1.165, 1.54) is 7.11 Å². The molecule has 0 saturated carbocycles. The number of rotatable bonds is 2. The maximum Gasteiger partial charge on any atom is 0.313 e. The van der Waals surface area contributed by atoms with Gasteiger partial charge in [-0.25, -0.2) is 0 Å². The van der Waals surface area contributed by atoms with Crippen LogP contribution < -0.4 is 0 Å². The highest BCUT2D eigenvalue weighted by atomic mass is 16.5. The summed E-state index contributed by atoms with van der Waals surface area (Å²) in [5.41, 5.74) is 0. The van der Waals surface area contributed by atoms with Crippen molar-refractivity contribution in [1.29, 1.82) is 0 Å². The Morgan fingerprint density at radius 1 is 1.75 bits per heavy atom. The van der Waals surface area contributed by atoms with Crippen LogP contribution in [0.5, 0.6) is 0 Å². The third-order valence-corrected chi connectivity index (χ3v) is 2.14. The van der Waals surface area contributed by atoms with Gasteiger partial charge in [-0.1, -0.05) is 19.1 Å². The van der Waals surface area contributed by atoms with Gasteiger partial charge in [-0.2, -0.15) is 0 Å². The van der Waals surface area contributed by atoms with Crippen LogP contribution in [0, 0.1) is 5.92 Å². The van der Waals surface area contributed by atoms with Gasteiger partial charge in [0, 0.05) is 13.1 Å². The first-order valence-electron chi connectivity index (χ1n) is 4.24. The Labute approximate surface area is 73.0 Å². The Morgan fingerprint density at radius 2 is 2.50 bits per heavy atom. The van der Waals surface area contributed by atoms with Crippen LogP contribution in [0.15, 0.2) is 12.2 Å². The molecule has 0 bridgehead atoms. The Balaban J connectivity index is 2.51. The van der Waals surface area contributed by atoms with Gasteiger partial charge in [0.15, 0.2) is 0 Å². The molecule has 0 spiro atoms. The molecule has 0 radical (unpaired) electrons. The van der Waals surface area contributed by atoms with E-state index in [0.717, 1.165) is 19.6 Å². The quantitative estimate of drug-likeness (QED) is 0.449. The summed E-state index contributed by atoms with van der Waals surface area (Å²) >= 11 is 0. The predicted octanol–water partition coefficient (Wildman–Crippen LogP) is 0.667. The molecule has 1 aliphatic heterocycles. The van der Waals surface area contributed by atoms with Gasteiger partial charge in [0.25, 0.3) is 0 Å². The van der Waals surface area contributed by atoms with E-state index < -0.39 is 0 Å². The van der Waals surface area contributed by atoms with E-state index in [4.69, 9.17) is 0 Å². The molecule has 1 aliphatic rings. The molecule has 0 amide bonds. The average molecular weight is 169 g/mol. The molecular formula is C9H15NO2. The number of hydrogen-bond acceptors (Lipinski definition) is 3. The molecule has 0 aromatic carbocycles. The minimum atomic E-state index is -0.135. The number of carbonyl (C=O) groups is 1. The molecule has 3 heteroatoms. The van der Waals surface area contributed by atoms with Gasteiger partial charge < -0.3 is 4.74 Å². The second-order valence-corrected chi connectivity index (χ2v) is 2.91. The summed E-state index contributed by atoms with van der Waals surface area (Å²) in [6.07, 6.45) is 3.95. The Kier molecular flexibility index (Phi) is 3.29. The minimum absolute atomic E-state index is 0.0660. The van der Waals surface area contributed by atoms with Crippen LogP contribution in [-0.4, -0.2) is 37.6 Å². The smallest absolute Gasteiger partial charge is 0.313 e. The topological polar surface area (TPSA) is 29.5 Å². The van der Waals surface area contributed by atoms with Gasteiger partial charge in [0.05, 0.1) is 13.0 Å². The Hall–Kier alpha value is -0.830. The summed E-state index contributed by atoms with van der Waals surface area (Å²) in [6.45, 7) is 4.81. The molecule has 0 aromatic rings. The lowest BCUT2D eigenvalue weighted by Gasteiger charge is -2.25. The number of esters is 1. The number of likely N-dealkylation sites (N-methyl/N-ethyl adjacent to an activating group) is 1. The first-order chi connectivity index (χ1) is 5.77. The molecule has 1 unspecified atom stereocenters. The molecule has 3 nitrogen and oxygen atoms in total. The third kappa shape index (κ3) is 2.08. The summed E-state index contributed by atoms with van der Waals surface area (Å²) in [4.78, 5) is 13.3. The van der Waals surface area contributed by atoms with Gasteiger partial charge in [-0.15, -0.1) is 0 Å². The minimum Gasteiger partial charge on any atom is -0.469 e. The van der Waals surface area contributed by atoms with Crippen molar-refractivity contribution in [3.8, 4) is 0 Å². The van der Waals surface area contributed by atoms with Crippen LogP contribution in [0.4, 0.5) is 0 Å². The molecular weight excluding hydrogens is 154 g/mol. The molecule has 68 valence electrons. The van der Waals surface area contributed by atoms with E-state index in [9.17, 15) is 4.79 Å². The van der Waals surface area contributed by atoms with Crippen molar-refractivity contribution in [2.45, 2.75) is 6.92 Å². The lowest BCUT2D eigenvalue weighted by Crippen LogP contribution is -2.35. The van der Waals surface area contributed by atoms with Gasteiger partial charge in [-0.3, -0.25) is 9.69 Å². The summed E-state index contributed by atoms with van der Waals surface area (Å²) in [6, 6.07) is 0. The van der Waals surface area contributed by atoms with E-state index in [0.29, 0.717) is 0 Å². The van der Waals surface area contributed by atoms with E-state index in [1.807, 2.05) is 12.2 Å². The van der Waals surface area contributed by atoms with Crippen molar-refractivity contribution in [1.82, 2.24) is 4.90 Å². The second kappa shape index (κ2) is 4.26. The van der Waals surface area contributed by atoms with Crippen LogP contribution in [0.3, 0.4) is 0 Å². The fourth-order valence-electron chi connectivity index (χ4n) is 1.35. The second-order valence-electron chi connectivity index (χ2n) is 2.91. The van der Waals surface area contributed by atoms with Crippen LogP contribution in [0.25, 0.3) is 0 Å². The number of methoxy groups -OCH3 is 1. The van der Waals surface area contributed by atoms with Gasteiger partial charge in [0.1, 0.15) is 0 Å². The molecule has 12 heavy (non-hydrogen) atoms. The van der Waals surface area contributed by atoms with Crippen LogP contribution in [0.2, 0.25) is 0 Å². The zero-order chi connectivity index (χ0) is 8.97. The molecule has 0 saturated heterocycles. The largest absolute Gasteiger partial charge is 0.469 e. The zero-order valence-corrected chi connectivity index (χ0v) is 7.62. The van der Waals surface area contributed by atoms with Crippen molar-refractivity contribution in [3.05, 3.63) is 12.2 Å². The summed E-state index contributed by atoms with van der Waals surface area (Å²) < 4.78 is 4.67. The highest BCUT2D eigenvalue weighted by Crippen LogP contribution is 2.10. The number of carbonyl (C=O) groups excluding carboxylic acids is 1. The molecule has 0 aromatic heterocycles. The van der Waals surface area contributed by atoms with E-state index in [1.54, 1.807) is 0 Å². The van der Waals surface area contributed by atoms with E-state index >= 15 is 0 Å². The monoisotopic (exact) mass is 169 g/mol. The molecule has 1 heterocycles. The Bertz CT molecular complexity index is 189. The predicted molar refractivity (Wildman–Crippen MR) is 46.8 cm³/mol. The number of hydrogen-bond donors (Lipinski definition) is 0. The Morgan fingerprint density at radius 3 is 3.08 bits per heavy atom. The van der Waals surface area contributed by atoms with Gasteiger partial charge in [-0.05, 0) is 6.54 Å². The third-order valence-electron chi connectivity index (χ3n) is 2.14. The molecule has 1 rings (SSSR count). The number of nitrogens with zero attached hydrogens (tertiary/aromatic N) is 1. The lowest BCUT2D eigenvalue weighted by atomic mass is 10.1. The SMILES string of the molecule is CCN1CC=CC(C(=O)OC)C1. The highest BCUT2D eigenvalue weighted by Gasteiger charge is 2.21. The molecule has 0 aliphatic carbocycles.